The highest BCUT2D eigenvalue weighted by Crippen LogP contribution is 2.17. The molecule has 0 aliphatic carbocycles. The number of ether oxygens (including phenoxy) is 3. The molecule has 478 valence electrons. The van der Waals surface area contributed by atoms with E-state index in [0.717, 1.165) is 122 Å². The van der Waals surface area contributed by atoms with Gasteiger partial charge in [-0.3, -0.25) is 14.4 Å². The van der Waals surface area contributed by atoms with E-state index in [9.17, 15) is 14.4 Å². The van der Waals surface area contributed by atoms with Crippen LogP contribution in [0.4, 0.5) is 0 Å². The van der Waals surface area contributed by atoms with E-state index in [4.69, 9.17) is 14.2 Å². The molecule has 6 heteroatoms. The van der Waals surface area contributed by atoms with Gasteiger partial charge in [0.1, 0.15) is 13.2 Å². The number of carbonyl (C=O) groups excluding carboxylic acids is 3. The second-order valence-electron chi connectivity index (χ2n) is 23.7. The molecule has 0 rings (SSSR count). The van der Waals surface area contributed by atoms with Gasteiger partial charge in [0.05, 0.1) is 0 Å². The highest BCUT2D eigenvalue weighted by Gasteiger charge is 2.19. The van der Waals surface area contributed by atoms with Crippen LogP contribution in [0.3, 0.4) is 0 Å². The maximum Gasteiger partial charge on any atom is 0.306 e. The highest BCUT2D eigenvalue weighted by molar-refractivity contribution is 5.71. The number of rotatable bonds is 65. The maximum atomic E-state index is 13.0. The van der Waals surface area contributed by atoms with Gasteiger partial charge >= 0.3 is 17.9 Å². The predicted octanol–water partition coefficient (Wildman–Crippen LogP) is 24.8. The summed E-state index contributed by atoms with van der Waals surface area (Å²) in [6.45, 7) is 6.44. The van der Waals surface area contributed by atoms with E-state index in [-0.39, 0.29) is 31.1 Å². The molecule has 1 unspecified atom stereocenters. The first-order valence-corrected chi connectivity index (χ1v) is 35.7. The number of hydrogen-bond acceptors (Lipinski definition) is 6. The van der Waals surface area contributed by atoms with Crippen LogP contribution in [0.5, 0.6) is 0 Å². The normalized spacial score (nSPS) is 12.7. The Morgan fingerprint density at radius 1 is 0.253 bits per heavy atom. The van der Waals surface area contributed by atoms with Crippen molar-refractivity contribution in [2.45, 2.75) is 361 Å². The standard InChI is InChI=1S/C77H134O6/c1-4-7-10-13-16-19-22-25-28-30-32-34-36-37-38-39-41-42-44-46-49-52-55-58-61-64-67-70-76(79)82-73-74(72-81-75(78)69-66-63-60-57-54-51-48-27-24-21-18-15-12-9-6-3)83-77(80)71-68-65-62-59-56-53-50-47-45-43-40-35-33-31-29-26-23-20-17-14-11-8-5-2/h8-9,11-12,17-18,20-21,26-27,29-30,32-33,35,48,74H,4-7,10,13-16,19,22-25,28,31,34,36-47,49-73H2,1-3H3/b11-8-,12-9-,20-17-,21-18-,29-26-,32-30-,35-33-,48-27-. The Bertz CT molecular complexity index is 1610. The van der Waals surface area contributed by atoms with Crippen molar-refractivity contribution in [2.24, 2.45) is 0 Å². The molecule has 0 aromatic carbocycles. The number of hydrogen-bond donors (Lipinski definition) is 0. The van der Waals surface area contributed by atoms with E-state index in [2.05, 4.69) is 118 Å². The Balaban J connectivity index is 4.30. The molecule has 1 atom stereocenters. The van der Waals surface area contributed by atoms with Gasteiger partial charge in [-0.2, -0.15) is 0 Å². The van der Waals surface area contributed by atoms with Crippen LogP contribution in [0.25, 0.3) is 0 Å². The minimum Gasteiger partial charge on any atom is -0.462 e. The van der Waals surface area contributed by atoms with Crippen LogP contribution in [0.2, 0.25) is 0 Å². The molecular weight excluding hydrogens is 1020 g/mol. The smallest absolute Gasteiger partial charge is 0.306 e. The molecule has 0 aromatic heterocycles. The van der Waals surface area contributed by atoms with E-state index < -0.39 is 6.10 Å². The number of unbranched alkanes of at least 4 members (excludes halogenated alkanes) is 38. The van der Waals surface area contributed by atoms with E-state index in [1.807, 2.05) is 0 Å². The Morgan fingerprint density at radius 3 is 0.747 bits per heavy atom. The molecule has 83 heavy (non-hydrogen) atoms. The summed E-state index contributed by atoms with van der Waals surface area (Å²) in [4.78, 5) is 38.5. The van der Waals surface area contributed by atoms with Crippen LogP contribution in [-0.2, 0) is 28.6 Å². The van der Waals surface area contributed by atoms with Crippen molar-refractivity contribution in [1.82, 2.24) is 0 Å². The summed E-state index contributed by atoms with van der Waals surface area (Å²) in [6.07, 6.45) is 95.8. The minimum absolute atomic E-state index is 0.0827. The topological polar surface area (TPSA) is 78.9 Å². The molecule has 0 aliphatic rings. The van der Waals surface area contributed by atoms with Crippen molar-refractivity contribution in [3.05, 3.63) is 97.2 Å². The third-order valence-electron chi connectivity index (χ3n) is 15.6. The van der Waals surface area contributed by atoms with Crippen LogP contribution < -0.4 is 0 Å². The lowest BCUT2D eigenvalue weighted by Gasteiger charge is -2.18. The molecule has 0 aliphatic heterocycles. The molecule has 0 spiro atoms. The van der Waals surface area contributed by atoms with Gasteiger partial charge in [-0.1, -0.05) is 317 Å². The fourth-order valence-electron chi connectivity index (χ4n) is 10.3. The largest absolute Gasteiger partial charge is 0.462 e. The first-order valence-electron chi connectivity index (χ1n) is 35.7. The van der Waals surface area contributed by atoms with E-state index in [1.54, 1.807) is 0 Å². The monoisotopic (exact) mass is 1160 g/mol. The molecule has 6 nitrogen and oxygen atoms in total. The lowest BCUT2D eigenvalue weighted by molar-refractivity contribution is -0.167. The first-order chi connectivity index (χ1) is 41.0. The van der Waals surface area contributed by atoms with Gasteiger partial charge in [0.15, 0.2) is 6.10 Å². The minimum atomic E-state index is -0.789. The van der Waals surface area contributed by atoms with Crippen molar-refractivity contribution in [3.63, 3.8) is 0 Å². The first kappa shape index (κ1) is 79.3. The van der Waals surface area contributed by atoms with Gasteiger partial charge in [0, 0.05) is 19.3 Å². The molecule has 0 aromatic rings. The van der Waals surface area contributed by atoms with Crippen molar-refractivity contribution >= 4 is 17.9 Å². The van der Waals surface area contributed by atoms with Crippen molar-refractivity contribution in [2.75, 3.05) is 13.2 Å². The van der Waals surface area contributed by atoms with Crippen LogP contribution in [0, 0.1) is 0 Å². The Kier molecular flexibility index (Phi) is 67.7. The molecule has 0 fully saturated rings. The third-order valence-corrected chi connectivity index (χ3v) is 15.6. The molecular formula is C77H134O6. The van der Waals surface area contributed by atoms with Crippen molar-refractivity contribution in [3.8, 4) is 0 Å². The van der Waals surface area contributed by atoms with Crippen molar-refractivity contribution < 1.29 is 28.6 Å². The zero-order valence-electron chi connectivity index (χ0n) is 54.9. The number of esters is 3. The fourth-order valence-corrected chi connectivity index (χ4v) is 10.3. The summed E-state index contributed by atoms with van der Waals surface area (Å²) in [5.74, 6) is -0.888. The summed E-state index contributed by atoms with van der Waals surface area (Å²) >= 11 is 0. The quantitative estimate of drug-likeness (QED) is 0.0261. The Hall–Kier alpha value is -3.67. The summed E-state index contributed by atoms with van der Waals surface area (Å²) in [5.41, 5.74) is 0. The summed E-state index contributed by atoms with van der Waals surface area (Å²) in [6, 6.07) is 0. The van der Waals surface area contributed by atoms with Gasteiger partial charge in [-0.05, 0) is 116 Å². The van der Waals surface area contributed by atoms with Gasteiger partial charge in [-0.25, -0.2) is 0 Å². The van der Waals surface area contributed by atoms with E-state index in [1.165, 1.54) is 193 Å². The maximum absolute atomic E-state index is 13.0. The number of carbonyl (C=O) groups is 3. The van der Waals surface area contributed by atoms with Crippen LogP contribution in [0.1, 0.15) is 355 Å². The molecule has 0 heterocycles. The zero-order valence-corrected chi connectivity index (χ0v) is 54.9. The second kappa shape index (κ2) is 70.8. The Labute approximate surface area is 515 Å². The zero-order chi connectivity index (χ0) is 59.9. The molecule has 0 amide bonds. The van der Waals surface area contributed by atoms with Crippen LogP contribution in [-0.4, -0.2) is 37.2 Å². The summed E-state index contributed by atoms with van der Waals surface area (Å²) in [5, 5.41) is 0. The van der Waals surface area contributed by atoms with E-state index in [0.29, 0.717) is 19.3 Å². The average molecular weight is 1160 g/mol. The molecule has 0 saturated carbocycles. The second-order valence-corrected chi connectivity index (χ2v) is 23.7. The molecule has 0 saturated heterocycles. The Morgan fingerprint density at radius 2 is 0.470 bits per heavy atom. The van der Waals surface area contributed by atoms with Crippen molar-refractivity contribution in [1.29, 1.82) is 0 Å². The fraction of sp³-hybridized carbons (Fsp3) is 0.753. The van der Waals surface area contributed by atoms with Crippen LogP contribution >= 0.6 is 0 Å². The highest BCUT2D eigenvalue weighted by atomic mass is 16.6. The molecule has 0 N–H and O–H groups in total. The number of allylic oxidation sites excluding steroid dienone is 16. The van der Waals surface area contributed by atoms with Gasteiger partial charge in [0.2, 0.25) is 0 Å². The van der Waals surface area contributed by atoms with E-state index >= 15 is 0 Å². The lowest BCUT2D eigenvalue weighted by atomic mass is 10.0. The molecule has 0 radical (unpaired) electrons. The van der Waals surface area contributed by atoms with Gasteiger partial charge in [0.25, 0.3) is 0 Å². The third kappa shape index (κ3) is 69.0. The van der Waals surface area contributed by atoms with Crippen LogP contribution in [0.15, 0.2) is 97.2 Å². The SMILES string of the molecule is CC/C=C\C/C=C\C/C=C\C/C=C\CCCCCCCCCCCCC(=O)OC(COC(=O)CCCCCCC/C=C\C/C=C\C/C=C\CC)COC(=O)CCCCCCCCCCCCCCCCC/C=C\CCCCCCCCCC. The van der Waals surface area contributed by atoms with Gasteiger partial charge < -0.3 is 14.2 Å². The molecule has 0 bridgehead atoms. The average Bonchev–Trinajstić information content (AvgIpc) is 3.49. The van der Waals surface area contributed by atoms with Gasteiger partial charge in [-0.15, -0.1) is 0 Å². The summed E-state index contributed by atoms with van der Waals surface area (Å²) < 4.78 is 17.0. The summed E-state index contributed by atoms with van der Waals surface area (Å²) in [7, 11) is 0. The lowest BCUT2D eigenvalue weighted by Crippen LogP contribution is -2.30. The predicted molar refractivity (Wildman–Crippen MR) is 362 cm³/mol.